The first-order valence-corrected chi connectivity index (χ1v) is 7.05. The second-order valence-electron chi connectivity index (χ2n) is 4.74. The van der Waals surface area contributed by atoms with Gasteiger partial charge in [0.15, 0.2) is 0 Å². The lowest BCUT2D eigenvalue weighted by Gasteiger charge is -2.21. The largest absolute Gasteiger partial charge is 0.467 e. The summed E-state index contributed by atoms with van der Waals surface area (Å²) < 4.78 is 15.5. The zero-order chi connectivity index (χ0) is 15.6. The van der Waals surface area contributed by atoms with Crippen molar-refractivity contribution in [3.05, 3.63) is 54.2 Å². The van der Waals surface area contributed by atoms with Crippen LogP contribution in [0.25, 0.3) is 0 Å². The summed E-state index contributed by atoms with van der Waals surface area (Å²) in [5.74, 6) is 0.630. The molecule has 0 aliphatic carbocycles. The van der Waals surface area contributed by atoms with Crippen molar-refractivity contribution in [2.24, 2.45) is 0 Å². The number of methoxy groups -OCH3 is 1. The summed E-state index contributed by atoms with van der Waals surface area (Å²) >= 11 is 0. The normalized spacial score (nSPS) is 10.6. The lowest BCUT2D eigenvalue weighted by Crippen LogP contribution is -2.33. The SMILES string of the molecule is COCCOCC(=O)N(Cc1cccnc1)Cc1ccco1. The number of pyridine rings is 1. The molecule has 1 amide bonds. The highest BCUT2D eigenvalue weighted by molar-refractivity contribution is 5.77. The van der Waals surface area contributed by atoms with Gasteiger partial charge in [0.25, 0.3) is 0 Å². The fourth-order valence-electron chi connectivity index (χ4n) is 1.93. The van der Waals surface area contributed by atoms with Crippen LogP contribution in [0.4, 0.5) is 0 Å². The first-order chi connectivity index (χ1) is 10.8. The minimum absolute atomic E-state index is 0.0182. The molecule has 0 unspecified atom stereocenters. The van der Waals surface area contributed by atoms with Crippen molar-refractivity contribution in [3.8, 4) is 0 Å². The van der Waals surface area contributed by atoms with Gasteiger partial charge < -0.3 is 18.8 Å². The summed E-state index contributed by atoms with van der Waals surface area (Å²) in [7, 11) is 1.59. The van der Waals surface area contributed by atoms with E-state index in [1.807, 2.05) is 18.2 Å². The fraction of sp³-hybridized carbons (Fsp3) is 0.375. The summed E-state index contributed by atoms with van der Waals surface area (Å²) in [6.07, 6.45) is 5.04. The molecular formula is C16H20N2O4. The molecule has 0 spiro atoms. The number of amides is 1. The molecule has 2 aromatic heterocycles. The van der Waals surface area contributed by atoms with Crippen molar-refractivity contribution in [1.29, 1.82) is 0 Å². The number of hydrogen-bond donors (Lipinski definition) is 0. The molecule has 0 saturated heterocycles. The Labute approximate surface area is 129 Å². The van der Waals surface area contributed by atoms with Crippen LogP contribution in [0.3, 0.4) is 0 Å². The minimum Gasteiger partial charge on any atom is -0.467 e. The van der Waals surface area contributed by atoms with E-state index in [1.165, 1.54) is 0 Å². The zero-order valence-corrected chi connectivity index (χ0v) is 12.6. The van der Waals surface area contributed by atoms with Crippen LogP contribution in [0.2, 0.25) is 0 Å². The van der Waals surface area contributed by atoms with E-state index in [4.69, 9.17) is 13.9 Å². The number of rotatable bonds is 9. The maximum atomic E-state index is 12.3. The Morgan fingerprint density at radius 3 is 2.86 bits per heavy atom. The third-order valence-electron chi connectivity index (χ3n) is 3.03. The molecule has 2 aromatic rings. The molecule has 0 N–H and O–H groups in total. The number of carbonyl (C=O) groups excluding carboxylic acids is 1. The third kappa shape index (κ3) is 5.31. The van der Waals surface area contributed by atoms with Gasteiger partial charge in [-0.3, -0.25) is 9.78 Å². The number of hydrogen-bond acceptors (Lipinski definition) is 5. The van der Waals surface area contributed by atoms with Crippen LogP contribution in [0.15, 0.2) is 47.3 Å². The Morgan fingerprint density at radius 1 is 1.27 bits per heavy atom. The van der Waals surface area contributed by atoms with Crippen LogP contribution in [-0.4, -0.2) is 42.7 Å². The first kappa shape index (κ1) is 16.2. The van der Waals surface area contributed by atoms with Gasteiger partial charge in [0.05, 0.1) is 26.0 Å². The molecule has 0 aliphatic heterocycles. The molecule has 2 heterocycles. The van der Waals surface area contributed by atoms with Crippen molar-refractivity contribution in [3.63, 3.8) is 0 Å². The van der Waals surface area contributed by atoms with E-state index < -0.39 is 0 Å². The zero-order valence-electron chi connectivity index (χ0n) is 12.6. The van der Waals surface area contributed by atoms with E-state index in [0.29, 0.717) is 26.3 Å². The van der Waals surface area contributed by atoms with Crippen molar-refractivity contribution in [1.82, 2.24) is 9.88 Å². The summed E-state index contributed by atoms with van der Waals surface area (Å²) in [5, 5.41) is 0. The van der Waals surface area contributed by atoms with Crippen LogP contribution >= 0.6 is 0 Å². The fourth-order valence-corrected chi connectivity index (χ4v) is 1.93. The molecule has 0 fully saturated rings. The van der Waals surface area contributed by atoms with Crippen molar-refractivity contribution < 1.29 is 18.7 Å². The molecule has 118 valence electrons. The predicted octanol–water partition coefficient (Wildman–Crippen LogP) is 1.87. The number of aromatic nitrogens is 1. The first-order valence-electron chi connectivity index (χ1n) is 7.05. The molecule has 0 aliphatic rings. The highest BCUT2D eigenvalue weighted by atomic mass is 16.5. The topological polar surface area (TPSA) is 64.8 Å². The Hall–Kier alpha value is -2.18. The predicted molar refractivity (Wildman–Crippen MR) is 79.9 cm³/mol. The number of carbonyl (C=O) groups is 1. The monoisotopic (exact) mass is 304 g/mol. The van der Waals surface area contributed by atoms with E-state index in [2.05, 4.69) is 4.98 Å². The minimum atomic E-state index is -0.101. The van der Waals surface area contributed by atoms with Gasteiger partial charge in [-0.05, 0) is 23.8 Å². The molecular weight excluding hydrogens is 284 g/mol. The van der Waals surface area contributed by atoms with Crippen LogP contribution in [-0.2, 0) is 27.4 Å². The molecule has 0 bridgehead atoms. The van der Waals surface area contributed by atoms with Crippen LogP contribution in [0, 0.1) is 0 Å². The number of nitrogens with zero attached hydrogens (tertiary/aromatic N) is 2. The highest BCUT2D eigenvalue weighted by Crippen LogP contribution is 2.10. The van der Waals surface area contributed by atoms with Crippen molar-refractivity contribution in [2.75, 3.05) is 26.9 Å². The third-order valence-corrected chi connectivity index (χ3v) is 3.03. The van der Waals surface area contributed by atoms with Gasteiger partial charge in [-0.1, -0.05) is 6.07 Å². The van der Waals surface area contributed by atoms with Gasteiger partial charge in [-0.25, -0.2) is 0 Å². The lowest BCUT2D eigenvalue weighted by molar-refractivity contribution is -0.138. The van der Waals surface area contributed by atoms with Gasteiger partial charge in [0, 0.05) is 26.0 Å². The molecule has 0 saturated carbocycles. The van der Waals surface area contributed by atoms with Crippen LogP contribution in [0.5, 0.6) is 0 Å². The van der Waals surface area contributed by atoms with Gasteiger partial charge in [0.2, 0.25) is 5.91 Å². The quantitative estimate of drug-likeness (QED) is 0.662. The summed E-state index contributed by atoms with van der Waals surface area (Å²) in [6, 6.07) is 7.42. The average Bonchev–Trinajstić information content (AvgIpc) is 3.05. The smallest absolute Gasteiger partial charge is 0.249 e. The van der Waals surface area contributed by atoms with Gasteiger partial charge in [-0.2, -0.15) is 0 Å². The maximum Gasteiger partial charge on any atom is 0.249 e. The van der Waals surface area contributed by atoms with Gasteiger partial charge in [-0.15, -0.1) is 0 Å². The van der Waals surface area contributed by atoms with E-state index in [-0.39, 0.29) is 12.5 Å². The molecule has 6 nitrogen and oxygen atoms in total. The number of furan rings is 1. The van der Waals surface area contributed by atoms with Crippen molar-refractivity contribution >= 4 is 5.91 Å². The molecule has 6 heteroatoms. The van der Waals surface area contributed by atoms with E-state index in [9.17, 15) is 4.79 Å². The van der Waals surface area contributed by atoms with Gasteiger partial charge in [0.1, 0.15) is 12.4 Å². The van der Waals surface area contributed by atoms with E-state index >= 15 is 0 Å². The average molecular weight is 304 g/mol. The standard InChI is InChI=1S/C16H20N2O4/c1-20-8-9-21-13-16(19)18(12-15-5-3-7-22-15)11-14-4-2-6-17-10-14/h2-7,10H,8-9,11-13H2,1H3. The molecule has 0 atom stereocenters. The molecule has 2 rings (SSSR count). The second kappa shape index (κ2) is 8.96. The Balaban J connectivity index is 1.96. The Kier molecular flexibility index (Phi) is 6.60. The van der Waals surface area contributed by atoms with Crippen LogP contribution in [0.1, 0.15) is 11.3 Å². The second-order valence-corrected chi connectivity index (χ2v) is 4.74. The van der Waals surface area contributed by atoms with E-state index in [1.54, 1.807) is 36.7 Å². The Morgan fingerprint density at radius 2 is 2.18 bits per heavy atom. The summed E-state index contributed by atoms with van der Waals surface area (Å²) in [5.41, 5.74) is 0.958. The Bertz CT molecular complexity index is 543. The van der Waals surface area contributed by atoms with Crippen molar-refractivity contribution in [2.45, 2.75) is 13.1 Å². The van der Waals surface area contributed by atoms with E-state index in [0.717, 1.165) is 11.3 Å². The lowest BCUT2D eigenvalue weighted by atomic mass is 10.2. The molecule has 0 aromatic carbocycles. The van der Waals surface area contributed by atoms with Crippen LogP contribution < -0.4 is 0 Å². The molecule has 0 radical (unpaired) electrons. The summed E-state index contributed by atoms with van der Waals surface area (Å²) in [4.78, 5) is 18.1. The number of ether oxygens (including phenoxy) is 2. The summed E-state index contributed by atoms with van der Waals surface area (Å²) in [6.45, 7) is 1.73. The molecule has 22 heavy (non-hydrogen) atoms. The van der Waals surface area contributed by atoms with Gasteiger partial charge >= 0.3 is 0 Å². The highest BCUT2D eigenvalue weighted by Gasteiger charge is 2.16. The maximum absolute atomic E-state index is 12.3.